The van der Waals surface area contributed by atoms with E-state index in [9.17, 15) is 8.42 Å². The number of nitrogens with one attached hydrogen (secondary N) is 1. The van der Waals surface area contributed by atoms with Crippen molar-refractivity contribution in [1.82, 2.24) is 20.2 Å². The van der Waals surface area contributed by atoms with Crippen LogP contribution in [0.2, 0.25) is 0 Å². The van der Waals surface area contributed by atoms with Gasteiger partial charge in [0.1, 0.15) is 0 Å². The molecule has 0 saturated heterocycles. The van der Waals surface area contributed by atoms with Crippen LogP contribution in [0.3, 0.4) is 0 Å². The maximum absolute atomic E-state index is 10.3. The Hall–Kier alpha value is 1.20. The summed E-state index contributed by atoms with van der Waals surface area (Å²) in [5.41, 5.74) is 0. The fourth-order valence-electron chi connectivity index (χ4n) is 0.463. The Balaban J connectivity index is 0. The Morgan fingerprint density at radius 2 is 2.08 bits per heavy atom. The summed E-state index contributed by atoms with van der Waals surface area (Å²) in [6, 6.07) is 0. The van der Waals surface area contributed by atoms with Crippen LogP contribution in [0.5, 0.6) is 0 Å². The molecule has 1 heterocycles. The van der Waals surface area contributed by atoms with Crippen LogP contribution in [-0.4, -0.2) is 92.3 Å². The molecule has 0 unspecified atom stereocenters. The summed E-state index contributed by atoms with van der Waals surface area (Å²) in [5, 5.41) is 8.69. The number of aromatic nitrogens is 4. The summed E-state index contributed by atoms with van der Waals surface area (Å²) in [6.45, 7) is 0. The zero-order chi connectivity index (χ0) is 8.48. The van der Waals surface area contributed by atoms with Crippen molar-refractivity contribution in [3.8, 4) is 0 Å². The second-order valence-corrected chi connectivity index (χ2v) is 3.51. The SMILES string of the molecule is O=S(=O)(O)Cn1[nH]nnc1=S.[Na].[Na]. The molecule has 0 amide bonds. The molecular weight excluding hydrogens is 238 g/mol. The Morgan fingerprint density at radius 3 is 2.38 bits per heavy atom. The molecule has 1 rings (SSSR count). The molecule has 0 atom stereocenters. The summed E-state index contributed by atoms with van der Waals surface area (Å²) in [6.07, 6.45) is 0. The third-order valence-electron chi connectivity index (χ3n) is 0.824. The van der Waals surface area contributed by atoms with Gasteiger partial charge in [-0.1, -0.05) is 10.3 Å². The molecule has 1 aromatic heterocycles. The Labute approximate surface area is 124 Å². The van der Waals surface area contributed by atoms with E-state index in [1.165, 1.54) is 0 Å². The van der Waals surface area contributed by atoms with Gasteiger partial charge in [-0.25, -0.2) is 4.68 Å². The second kappa shape index (κ2) is 6.64. The first-order valence-corrected chi connectivity index (χ1v) is 4.44. The van der Waals surface area contributed by atoms with Crippen molar-refractivity contribution in [2.24, 2.45) is 0 Å². The summed E-state index contributed by atoms with van der Waals surface area (Å²) in [4.78, 5) is 0. The van der Waals surface area contributed by atoms with Crippen LogP contribution < -0.4 is 0 Å². The molecule has 0 aromatic carbocycles. The van der Waals surface area contributed by atoms with Crippen molar-refractivity contribution in [1.29, 1.82) is 0 Å². The van der Waals surface area contributed by atoms with Crippen molar-refractivity contribution >= 4 is 81.5 Å². The van der Waals surface area contributed by atoms with E-state index in [-0.39, 0.29) is 63.9 Å². The number of rotatable bonds is 2. The van der Waals surface area contributed by atoms with Gasteiger partial charge in [0.25, 0.3) is 10.1 Å². The maximum atomic E-state index is 10.3. The smallest absolute Gasteiger partial charge is 0.284 e. The van der Waals surface area contributed by atoms with Gasteiger partial charge in [-0.3, -0.25) is 4.55 Å². The number of hydrogen-bond donors (Lipinski definition) is 2. The third-order valence-corrected chi connectivity index (χ3v) is 1.71. The molecule has 2 radical (unpaired) electrons. The molecule has 13 heavy (non-hydrogen) atoms. The normalized spacial score (nSPS) is 9.92. The Kier molecular flexibility index (Phi) is 8.49. The molecule has 7 nitrogen and oxygen atoms in total. The standard InChI is InChI=1S/C2H4N4O3S2.2Na/c7-11(8,9)1-6-2(10)3-4-5-6;;/h1H2,(H,3,5,10)(H,7,8,9);;. The van der Waals surface area contributed by atoms with E-state index < -0.39 is 16.0 Å². The first-order chi connectivity index (χ1) is 4.99. The van der Waals surface area contributed by atoms with E-state index in [1.807, 2.05) is 0 Å². The Bertz CT molecular complexity index is 396. The summed E-state index contributed by atoms with van der Waals surface area (Å²) in [5.74, 6) is -0.654. The Morgan fingerprint density at radius 1 is 1.54 bits per heavy atom. The van der Waals surface area contributed by atoms with Crippen molar-refractivity contribution in [2.75, 3.05) is 0 Å². The second-order valence-electron chi connectivity index (χ2n) is 1.72. The van der Waals surface area contributed by atoms with Gasteiger partial charge in [-0.05, 0) is 12.2 Å². The average molecular weight is 242 g/mol. The average Bonchev–Trinajstić information content (AvgIpc) is 2.12. The molecule has 0 fully saturated rings. The number of aromatic amines is 1. The van der Waals surface area contributed by atoms with Crippen LogP contribution in [0, 0.1) is 4.77 Å². The number of hydrogen-bond acceptors (Lipinski definition) is 5. The molecule has 0 aliphatic heterocycles. The molecule has 0 spiro atoms. The van der Waals surface area contributed by atoms with Gasteiger partial charge < -0.3 is 0 Å². The van der Waals surface area contributed by atoms with E-state index in [2.05, 4.69) is 27.7 Å². The summed E-state index contributed by atoms with van der Waals surface area (Å²) >= 11 is 4.54. The van der Waals surface area contributed by atoms with E-state index >= 15 is 0 Å². The topological polar surface area (TPSA) is 101 Å². The van der Waals surface area contributed by atoms with Gasteiger partial charge in [-0.15, -0.1) is 0 Å². The van der Waals surface area contributed by atoms with E-state index in [4.69, 9.17) is 4.55 Å². The first kappa shape index (κ1) is 16.6. The van der Waals surface area contributed by atoms with E-state index in [0.29, 0.717) is 0 Å². The van der Waals surface area contributed by atoms with Crippen LogP contribution in [0.25, 0.3) is 0 Å². The molecular formula is C2H4N4Na2O3S2. The van der Waals surface area contributed by atoms with Gasteiger partial charge in [0, 0.05) is 59.1 Å². The van der Waals surface area contributed by atoms with Crippen molar-refractivity contribution in [2.45, 2.75) is 5.88 Å². The van der Waals surface area contributed by atoms with Crippen molar-refractivity contribution in [3.63, 3.8) is 0 Å². The van der Waals surface area contributed by atoms with Crippen LogP contribution in [-0.2, 0) is 16.0 Å². The minimum absolute atomic E-state index is 0. The minimum atomic E-state index is -4.08. The molecule has 0 saturated carbocycles. The predicted octanol–water partition coefficient (Wildman–Crippen LogP) is -1.58. The zero-order valence-corrected chi connectivity index (χ0v) is 12.8. The van der Waals surface area contributed by atoms with Crippen LogP contribution >= 0.6 is 12.2 Å². The minimum Gasteiger partial charge on any atom is -0.284 e. The molecule has 11 heteroatoms. The van der Waals surface area contributed by atoms with Crippen LogP contribution in [0.4, 0.5) is 0 Å². The van der Waals surface area contributed by atoms with Crippen molar-refractivity contribution in [3.05, 3.63) is 4.77 Å². The number of tetrazole rings is 1. The van der Waals surface area contributed by atoms with Gasteiger partial charge in [0.05, 0.1) is 0 Å². The molecule has 1 aromatic rings. The first-order valence-electron chi connectivity index (χ1n) is 2.42. The molecule has 0 aliphatic carbocycles. The van der Waals surface area contributed by atoms with Gasteiger partial charge in [0.15, 0.2) is 5.88 Å². The quantitative estimate of drug-likeness (QED) is 0.369. The fraction of sp³-hybridized carbons (Fsp3) is 0.500. The summed E-state index contributed by atoms with van der Waals surface area (Å²) in [7, 11) is -4.08. The predicted molar refractivity (Wildman–Crippen MR) is 48.3 cm³/mol. The van der Waals surface area contributed by atoms with Crippen LogP contribution in [0.1, 0.15) is 0 Å². The summed E-state index contributed by atoms with van der Waals surface area (Å²) < 4.78 is 29.8. The zero-order valence-electron chi connectivity index (χ0n) is 7.13. The van der Waals surface area contributed by atoms with Crippen LogP contribution in [0.15, 0.2) is 0 Å². The monoisotopic (exact) mass is 242 g/mol. The molecule has 2 N–H and O–H groups in total. The number of H-pyrrole nitrogens is 1. The van der Waals surface area contributed by atoms with E-state index in [0.717, 1.165) is 4.68 Å². The third kappa shape index (κ3) is 6.31. The fourth-order valence-corrected chi connectivity index (χ4v) is 1.20. The van der Waals surface area contributed by atoms with E-state index in [1.54, 1.807) is 0 Å². The van der Waals surface area contributed by atoms with Gasteiger partial charge in [-0.2, -0.15) is 13.6 Å². The molecule has 0 bridgehead atoms. The van der Waals surface area contributed by atoms with Crippen molar-refractivity contribution < 1.29 is 13.0 Å². The van der Waals surface area contributed by atoms with Gasteiger partial charge >= 0.3 is 0 Å². The van der Waals surface area contributed by atoms with Gasteiger partial charge in [0.2, 0.25) is 4.77 Å². The number of nitrogens with zero attached hydrogens (tertiary/aromatic N) is 3. The molecule has 0 aliphatic rings. The molecule has 64 valence electrons. The maximum Gasteiger partial charge on any atom is 0.285 e. The largest absolute Gasteiger partial charge is 0.285 e.